The van der Waals surface area contributed by atoms with Gasteiger partial charge in [-0.05, 0) is 43.4 Å². The van der Waals surface area contributed by atoms with Crippen LogP contribution < -0.4 is 0 Å². The molecule has 0 amide bonds. The van der Waals surface area contributed by atoms with E-state index in [0.29, 0.717) is 17.9 Å². The first kappa shape index (κ1) is 18.9. The predicted octanol–water partition coefficient (Wildman–Crippen LogP) is 4.67. The third-order valence-electron chi connectivity index (χ3n) is 4.73. The fourth-order valence-corrected chi connectivity index (χ4v) is 3.74. The molecule has 0 saturated carbocycles. The second-order valence-electron chi connectivity index (χ2n) is 7.40. The molecule has 3 rings (SSSR count). The number of benzene rings is 1. The van der Waals surface area contributed by atoms with Crippen molar-refractivity contribution in [1.29, 1.82) is 0 Å². The summed E-state index contributed by atoms with van der Waals surface area (Å²) in [4.78, 5) is 6.71. The van der Waals surface area contributed by atoms with E-state index in [2.05, 4.69) is 28.9 Å². The summed E-state index contributed by atoms with van der Waals surface area (Å²) in [5, 5.41) is 3.83. The molecule has 2 aromatic rings. The number of hydrogen-bond donors (Lipinski definition) is 0. The highest BCUT2D eigenvalue weighted by Gasteiger charge is 2.30. The minimum atomic E-state index is -4.38. The van der Waals surface area contributed by atoms with E-state index in [1.807, 2.05) is 0 Å². The zero-order valence-corrected chi connectivity index (χ0v) is 15.1. The van der Waals surface area contributed by atoms with Crippen molar-refractivity contribution >= 4 is 0 Å². The summed E-state index contributed by atoms with van der Waals surface area (Å²) in [6, 6.07) is 4.99. The summed E-state index contributed by atoms with van der Waals surface area (Å²) in [5.41, 5.74) is -0.400. The Bertz CT molecular complexity index is 719. The maximum Gasteiger partial charge on any atom is 0.416 e. The van der Waals surface area contributed by atoms with Gasteiger partial charge in [-0.3, -0.25) is 0 Å². The van der Waals surface area contributed by atoms with Gasteiger partial charge in [0.1, 0.15) is 0 Å². The van der Waals surface area contributed by atoms with Gasteiger partial charge in [0, 0.05) is 25.1 Å². The van der Waals surface area contributed by atoms with Crippen molar-refractivity contribution in [2.45, 2.75) is 39.3 Å². The lowest BCUT2D eigenvalue weighted by Gasteiger charge is -2.34. The van der Waals surface area contributed by atoms with Gasteiger partial charge in [-0.1, -0.05) is 31.1 Å². The van der Waals surface area contributed by atoms with Crippen molar-refractivity contribution in [2.75, 3.05) is 19.6 Å². The second kappa shape index (κ2) is 7.78. The van der Waals surface area contributed by atoms with Gasteiger partial charge in [0.25, 0.3) is 0 Å². The van der Waals surface area contributed by atoms with Gasteiger partial charge in [0.2, 0.25) is 11.7 Å². The Kier molecular flexibility index (Phi) is 5.65. The zero-order chi connectivity index (χ0) is 18.7. The van der Waals surface area contributed by atoms with E-state index in [4.69, 9.17) is 4.52 Å². The molecular weight excluding hydrogens is 343 g/mol. The molecule has 1 fully saturated rings. The molecule has 1 aliphatic heterocycles. The summed E-state index contributed by atoms with van der Waals surface area (Å²) in [7, 11) is 0. The van der Waals surface area contributed by atoms with Crippen molar-refractivity contribution in [3.8, 4) is 11.4 Å². The van der Waals surface area contributed by atoms with E-state index in [0.717, 1.165) is 50.0 Å². The summed E-state index contributed by atoms with van der Waals surface area (Å²) < 4.78 is 43.7. The number of nitrogens with zero attached hydrogens (tertiary/aromatic N) is 3. The van der Waals surface area contributed by atoms with Crippen molar-refractivity contribution in [3.05, 3.63) is 35.7 Å². The minimum absolute atomic E-state index is 0.200. The van der Waals surface area contributed by atoms with Crippen molar-refractivity contribution < 1.29 is 17.7 Å². The smallest absolute Gasteiger partial charge is 0.339 e. The maximum absolute atomic E-state index is 12.8. The van der Waals surface area contributed by atoms with Crippen LogP contribution in [0.2, 0.25) is 0 Å². The minimum Gasteiger partial charge on any atom is -0.339 e. The second-order valence-corrected chi connectivity index (χ2v) is 7.40. The number of aromatic nitrogens is 2. The standard InChI is InChI=1S/C19H24F3N3O/c1-13-9-14(2)12-25(11-13)8-4-7-17-23-18(24-26-17)15-5-3-6-16(10-15)19(20,21)22/h3,5-6,10,13-14H,4,7-9,11-12H2,1-2H3/t13-,14+. The number of alkyl halides is 3. The number of piperidine rings is 1. The van der Waals surface area contributed by atoms with Gasteiger partial charge >= 0.3 is 6.18 Å². The van der Waals surface area contributed by atoms with E-state index in [1.54, 1.807) is 6.07 Å². The van der Waals surface area contributed by atoms with E-state index in [9.17, 15) is 13.2 Å². The van der Waals surface area contributed by atoms with Crippen LogP contribution in [0.3, 0.4) is 0 Å². The lowest BCUT2D eigenvalue weighted by molar-refractivity contribution is -0.137. The van der Waals surface area contributed by atoms with Gasteiger partial charge in [-0.2, -0.15) is 18.2 Å². The molecule has 4 nitrogen and oxygen atoms in total. The van der Waals surface area contributed by atoms with Crippen LogP contribution in [0, 0.1) is 11.8 Å². The molecule has 7 heteroatoms. The first-order chi connectivity index (χ1) is 12.3. The van der Waals surface area contributed by atoms with Crippen LogP contribution in [0.15, 0.2) is 28.8 Å². The Morgan fingerprint density at radius 2 is 1.92 bits per heavy atom. The fraction of sp³-hybridized carbons (Fsp3) is 0.579. The van der Waals surface area contributed by atoms with Gasteiger partial charge in [-0.15, -0.1) is 0 Å². The van der Waals surface area contributed by atoms with Gasteiger partial charge < -0.3 is 9.42 Å². The molecule has 0 N–H and O–H groups in total. The molecule has 0 unspecified atom stereocenters. The number of rotatable bonds is 5. The molecular formula is C19H24F3N3O. The van der Waals surface area contributed by atoms with Crippen molar-refractivity contribution in [2.24, 2.45) is 11.8 Å². The SMILES string of the molecule is C[C@@H]1C[C@H](C)CN(CCCc2nc(-c3cccc(C(F)(F)F)c3)no2)C1. The average molecular weight is 367 g/mol. The average Bonchev–Trinajstić information content (AvgIpc) is 3.02. The quantitative estimate of drug-likeness (QED) is 0.770. The molecule has 0 radical (unpaired) electrons. The molecule has 2 atom stereocenters. The van der Waals surface area contributed by atoms with Crippen LogP contribution in [0.5, 0.6) is 0 Å². The van der Waals surface area contributed by atoms with Gasteiger partial charge in [-0.25, -0.2) is 0 Å². The van der Waals surface area contributed by atoms with E-state index in [1.165, 1.54) is 12.5 Å². The normalized spacial score (nSPS) is 21.9. The summed E-state index contributed by atoms with van der Waals surface area (Å²) in [6.45, 7) is 7.76. The van der Waals surface area contributed by atoms with Crippen LogP contribution in [-0.2, 0) is 12.6 Å². The lowest BCUT2D eigenvalue weighted by Crippen LogP contribution is -2.39. The molecule has 1 saturated heterocycles. The zero-order valence-electron chi connectivity index (χ0n) is 15.1. The Hall–Kier alpha value is -1.89. The van der Waals surface area contributed by atoms with Crippen molar-refractivity contribution in [3.63, 3.8) is 0 Å². The Morgan fingerprint density at radius 3 is 2.62 bits per heavy atom. The number of likely N-dealkylation sites (tertiary alicyclic amines) is 1. The molecule has 142 valence electrons. The van der Waals surface area contributed by atoms with Gasteiger partial charge in [0.05, 0.1) is 5.56 Å². The molecule has 0 spiro atoms. The number of aryl methyl sites for hydroxylation is 1. The summed E-state index contributed by atoms with van der Waals surface area (Å²) in [5.74, 6) is 2.10. The first-order valence-corrected chi connectivity index (χ1v) is 9.04. The van der Waals surface area contributed by atoms with Crippen LogP contribution in [-0.4, -0.2) is 34.7 Å². The molecule has 0 bridgehead atoms. The highest BCUT2D eigenvalue weighted by atomic mass is 19.4. The third-order valence-corrected chi connectivity index (χ3v) is 4.73. The van der Waals surface area contributed by atoms with Crippen molar-refractivity contribution in [1.82, 2.24) is 15.0 Å². The molecule has 2 heterocycles. The van der Waals surface area contributed by atoms with Gasteiger partial charge in [0.15, 0.2) is 0 Å². The maximum atomic E-state index is 12.8. The summed E-state index contributed by atoms with van der Waals surface area (Å²) >= 11 is 0. The molecule has 0 aliphatic carbocycles. The van der Waals surface area contributed by atoms with Crippen LogP contribution >= 0.6 is 0 Å². The van der Waals surface area contributed by atoms with E-state index >= 15 is 0 Å². The molecule has 1 aromatic heterocycles. The van der Waals surface area contributed by atoms with Crippen LogP contribution in [0.4, 0.5) is 13.2 Å². The highest BCUT2D eigenvalue weighted by molar-refractivity contribution is 5.55. The Balaban J connectivity index is 1.57. The number of hydrogen-bond acceptors (Lipinski definition) is 4. The molecule has 26 heavy (non-hydrogen) atoms. The largest absolute Gasteiger partial charge is 0.416 e. The Morgan fingerprint density at radius 1 is 1.19 bits per heavy atom. The number of halogens is 3. The fourth-order valence-electron chi connectivity index (χ4n) is 3.74. The lowest BCUT2D eigenvalue weighted by atomic mass is 9.92. The third kappa shape index (κ3) is 4.84. The van der Waals surface area contributed by atoms with E-state index < -0.39 is 11.7 Å². The van der Waals surface area contributed by atoms with Crippen LogP contribution in [0.1, 0.15) is 38.1 Å². The predicted molar refractivity (Wildman–Crippen MR) is 92.4 cm³/mol. The molecule has 1 aliphatic rings. The van der Waals surface area contributed by atoms with E-state index in [-0.39, 0.29) is 5.82 Å². The first-order valence-electron chi connectivity index (χ1n) is 9.04. The summed E-state index contributed by atoms with van der Waals surface area (Å²) in [6.07, 6.45) is -1.58. The topological polar surface area (TPSA) is 42.2 Å². The van der Waals surface area contributed by atoms with Crippen LogP contribution in [0.25, 0.3) is 11.4 Å². The molecule has 1 aromatic carbocycles. The Labute approximate surface area is 151 Å². The monoisotopic (exact) mass is 367 g/mol. The highest BCUT2D eigenvalue weighted by Crippen LogP contribution is 2.31.